The van der Waals surface area contributed by atoms with E-state index in [4.69, 9.17) is 11.5 Å². The van der Waals surface area contributed by atoms with Crippen molar-refractivity contribution in [2.45, 2.75) is 26.3 Å². The third-order valence-corrected chi connectivity index (χ3v) is 3.96. The van der Waals surface area contributed by atoms with Crippen molar-refractivity contribution in [3.8, 4) is 0 Å². The summed E-state index contributed by atoms with van der Waals surface area (Å²) < 4.78 is 0. The quantitative estimate of drug-likeness (QED) is 0.712. The van der Waals surface area contributed by atoms with E-state index in [0.717, 1.165) is 18.8 Å². The van der Waals surface area contributed by atoms with Crippen molar-refractivity contribution in [2.24, 2.45) is 11.7 Å². The van der Waals surface area contributed by atoms with Gasteiger partial charge in [0.2, 0.25) is 5.91 Å². The minimum absolute atomic E-state index is 0.444. The Hall–Kier alpha value is -1.75. The number of hydrogen-bond donors (Lipinski definition) is 3. The number of benzene rings is 1. The number of anilines is 2. The molecule has 5 nitrogen and oxygen atoms in total. The van der Waals surface area contributed by atoms with Gasteiger partial charge in [-0.25, -0.2) is 0 Å². The van der Waals surface area contributed by atoms with Gasteiger partial charge < -0.3 is 21.7 Å². The number of rotatable bonds is 5. The summed E-state index contributed by atoms with van der Waals surface area (Å²) in [5.74, 6) is 0.194. The lowest BCUT2D eigenvalue weighted by Gasteiger charge is -2.20. The second-order valence-electron chi connectivity index (χ2n) is 5.79. The van der Waals surface area contributed by atoms with Crippen LogP contribution in [0.4, 0.5) is 11.4 Å². The Morgan fingerprint density at radius 2 is 2.25 bits per heavy atom. The zero-order valence-corrected chi connectivity index (χ0v) is 12.2. The predicted octanol–water partition coefficient (Wildman–Crippen LogP) is 1.51. The molecule has 2 rings (SSSR count). The molecule has 1 aliphatic rings. The van der Waals surface area contributed by atoms with Crippen molar-refractivity contribution in [1.82, 2.24) is 4.90 Å². The molecule has 5 heteroatoms. The number of amides is 1. The van der Waals surface area contributed by atoms with Crippen LogP contribution in [-0.2, 0) is 0 Å². The summed E-state index contributed by atoms with van der Waals surface area (Å²) in [4.78, 5) is 13.6. The summed E-state index contributed by atoms with van der Waals surface area (Å²) in [5.41, 5.74) is 13.1. The number of carbonyl (C=O) groups is 1. The molecule has 0 aromatic heterocycles. The zero-order chi connectivity index (χ0) is 14.7. The minimum Gasteiger partial charge on any atom is -0.397 e. The van der Waals surface area contributed by atoms with Crippen LogP contribution in [0.3, 0.4) is 0 Å². The van der Waals surface area contributed by atoms with E-state index in [1.165, 1.54) is 13.0 Å². The van der Waals surface area contributed by atoms with Crippen LogP contribution in [0.1, 0.15) is 30.6 Å². The maximum absolute atomic E-state index is 11.1. The molecule has 1 fully saturated rings. The molecule has 1 heterocycles. The highest BCUT2D eigenvalue weighted by atomic mass is 16.1. The second kappa shape index (κ2) is 6.13. The molecule has 0 bridgehead atoms. The lowest BCUT2D eigenvalue weighted by Crippen LogP contribution is -2.29. The number of nitrogens with one attached hydrogen (secondary N) is 1. The molecule has 0 radical (unpaired) electrons. The lowest BCUT2D eigenvalue weighted by molar-refractivity contribution is 0.100. The molecular formula is C15H24N4O. The normalized spacial score (nSPS) is 19.4. The van der Waals surface area contributed by atoms with Crippen molar-refractivity contribution in [2.75, 3.05) is 30.7 Å². The molecule has 1 aromatic rings. The Bertz CT molecular complexity index is 487. The van der Waals surface area contributed by atoms with Gasteiger partial charge >= 0.3 is 0 Å². The van der Waals surface area contributed by atoms with Gasteiger partial charge in [-0.05, 0) is 50.9 Å². The molecule has 0 spiro atoms. The highest BCUT2D eigenvalue weighted by Gasteiger charge is 2.23. The van der Waals surface area contributed by atoms with E-state index in [1.54, 1.807) is 12.1 Å². The van der Waals surface area contributed by atoms with Gasteiger partial charge in [0, 0.05) is 24.7 Å². The maximum atomic E-state index is 11.1. The fraction of sp³-hybridized carbons (Fsp3) is 0.533. The number of nitrogens with two attached hydrogens (primary N) is 2. The molecule has 5 N–H and O–H groups in total. The number of hydrogen-bond acceptors (Lipinski definition) is 4. The fourth-order valence-electron chi connectivity index (χ4n) is 2.63. The second-order valence-corrected chi connectivity index (χ2v) is 5.79. The van der Waals surface area contributed by atoms with Crippen molar-refractivity contribution < 1.29 is 4.79 Å². The van der Waals surface area contributed by atoms with Gasteiger partial charge in [-0.2, -0.15) is 0 Å². The first-order valence-corrected chi connectivity index (χ1v) is 7.14. The Morgan fingerprint density at radius 1 is 1.50 bits per heavy atom. The van der Waals surface area contributed by atoms with Gasteiger partial charge in [0.05, 0.1) is 11.4 Å². The van der Waals surface area contributed by atoms with Gasteiger partial charge in [-0.1, -0.05) is 0 Å². The van der Waals surface area contributed by atoms with Gasteiger partial charge in [-0.15, -0.1) is 0 Å². The molecule has 0 aliphatic carbocycles. The molecule has 110 valence electrons. The minimum atomic E-state index is -0.452. The number of primary amides is 1. The highest BCUT2D eigenvalue weighted by molar-refractivity contribution is 5.94. The standard InChI is InChI=1S/C15H24N4O/c1-10(2)19-6-5-11(9-19)8-18-14-4-3-12(15(17)20)7-13(14)16/h3-4,7,10-11,18H,5-6,8-9,16H2,1-2H3,(H2,17,20). The topological polar surface area (TPSA) is 84.4 Å². The first-order chi connectivity index (χ1) is 9.47. The van der Waals surface area contributed by atoms with Crippen LogP contribution in [0, 0.1) is 5.92 Å². The monoisotopic (exact) mass is 276 g/mol. The van der Waals surface area contributed by atoms with Crippen LogP contribution in [-0.4, -0.2) is 36.5 Å². The Kier molecular flexibility index (Phi) is 4.49. The summed E-state index contributed by atoms with van der Waals surface area (Å²) in [7, 11) is 0. The van der Waals surface area contributed by atoms with Gasteiger partial charge in [0.25, 0.3) is 0 Å². The van der Waals surface area contributed by atoms with Crippen LogP contribution in [0.5, 0.6) is 0 Å². The molecule has 1 aromatic carbocycles. The summed E-state index contributed by atoms with van der Waals surface area (Å²) in [5, 5.41) is 3.38. The molecule has 1 aliphatic heterocycles. The highest BCUT2D eigenvalue weighted by Crippen LogP contribution is 2.23. The number of likely N-dealkylation sites (tertiary alicyclic amines) is 1. The Morgan fingerprint density at radius 3 is 2.80 bits per heavy atom. The van der Waals surface area contributed by atoms with E-state index in [2.05, 4.69) is 24.1 Å². The average Bonchev–Trinajstić information content (AvgIpc) is 2.86. The molecule has 1 amide bonds. The molecule has 0 saturated carbocycles. The van der Waals surface area contributed by atoms with Crippen LogP contribution < -0.4 is 16.8 Å². The van der Waals surface area contributed by atoms with Gasteiger partial charge in [0.15, 0.2) is 0 Å². The third kappa shape index (κ3) is 3.42. The smallest absolute Gasteiger partial charge is 0.248 e. The summed E-state index contributed by atoms with van der Waals surface area (Å²) >= 11 is 0. The van der Waals surface area contributed by atoms with Crippen molar-refractivity contribution in [1.29, 1.82) is 0 Å². The van der Waals surface area contributed by atoms with Crippen LogP contribution in [0.15, 0.2) is 18.2 Å². The van der Waals surface area contributed by atoms with E-state index in [-0.39, 0.29) is 0 Å². The van der Waals surface area contributed by atoms with Crippen LogP contribution in [0.2, 0.25) is 0 Å². The molecule has 1 atom stereocenters. The van der Waals surface area contributed by atoms with E-state index in [9.17, 15) is 4.79 Å². The third-order valence-electron chi connectivity index (χ3n) is 3.96. The molecule has 1 unspecified atom stereocenters. The lowest BCUT2D eigenvalue weighted by atomic mass is 10.1. The fourth-order valence-corrected chi connectivity index (χ4v) is 2.63. The first-order valence-electron chi connectivity index (χ1n) is 7.14. The Labute approximate surface area is 120 Å². The molecule has 1 saturated heterocycles. The number of nitrogens with zero attached hydrogens (tertiary/aromatic N) is 1. The SMILES string of the molecule is CC(C)N1CCC(CNc2ccc(C(N)=O)cc2N)C1. The number of carbonyl (C=O) groups excluding carboxylic acids is 1. The van der Waals surface area contributed by atoms with Crippen LogP contribution >= 0.6 is 0 Å². The summed E-state index contributed by atoms with van der Waals surface area (Å²) in [6.07, 6.45) is 1.21. The maximum Gasteiger partial charge on any atom is 0.248 e. The Balaban J connectivity index is 1.90. The predicted molar refractivity (Wildman–Crippen MR) is 82.7 cm³/mol. The van der Waals surface area contributed by atoms with Gasteiger partial charge in [-0.3, -0.25) is 4.79 Å². The summed E-state index contributed by atoms with van der Waals surface area (Å²) in [6.45, 7) is 7.67. The average molecular weight is 276 g/mol. The van der Waals surface area contributed by atoms with Crippen molar-refractivity contribution in [3.63, 3.8) is 0 Å². The van der Waals surface area contributed by atoms with E-state index in [0.29, 0.717) is 23.2 Å². The van der Waals surface area contributed by atoms with E-state index >= 15 is 0 Å². The van der Waals surface area contributed by atoms with Crippen molar-refractivity contribution >= 4 is 17.3 Å². The van der Waals surface area contributed by atoms with Crippen LogP contribution in [0.25, 0.3) is 0 Å². The number of nitrogen functional groups attached to an aromatic ring is 1. The molecule has 20 heavy (non-hydrogen) atoms. The van der Waals surface area contributed by atoms with E-state index < -0.39 is 5.91 Å². The van der Waals surface area contributed by atoms with Gasteiger partial charge in [0.1, 0.15) is 0 Å². The van der Waals surface area contributed by atoms with Crippen molar-refractivity contribution in [3.05, 3.63) is 23.8 Å². The zero-order valence-electron chi connectivity index (χ0n) is 12.2. The largest absolute Gasteiger partial charge is 0.397 e. The van der Waals surface area contributed by atoms with E-state index in [1.807, 2.05) is 6.07 Å². The summed E-state index contributed by atoms with van der Waals surface area (Å²) in [6, 6.07) is 5.76. The first kappa shape index (κ1) is 14.7. The molecular weight excluding hydrogens is 252 g/mol.